The molecule has 0 aliphatic heterocycles. The lowest BCUT2D eigenvalue weighted by molar-refractivity contribution is 0.0899. The summed E-state index contributed by atoms with van der Waals surface area (Å²) in [6.45, 7) is 1.80. The minimum absolute atomic E-state index is 0. The minimum atomic E-state index is -0.241. The zero-order valence-corrected chi connectivity index (χ0v) is 15.6. The molecule has 0 saturated carbocycles. The molecule has 2 aliphatic rings. The van der Waals surface area contributed by atoms with Crippen LogP contribution in [0.1, 0.15) is 75.1 Å². The van der Waals surface area contributed by atoms with Crippen molar-refractivity contribution in [2.75, 3.05) is 5.73 Å². The fraction of sp³-hybridized carbons (Fsp3) is 0.400. The third-order valence-electron chi connectivity index (χ3n) is 5.30. The van der Waals surface area contributed by atoms with E-state index in [1.54, 1.807) is 6.92 Å². The molecule has 6 heteroatoms. The largest absolute Gasteiger partial charge is 0.455 e. The van der Waals surface area contributed by atoms with Crippen LogP contribution in [-0.4, -0.2) is 11.7 Å². The predicted molar refractivity (Wildman–Crippen MR) is 102 cm³/mol. The van der Waals surface area contributed by atoms with Gasteiger partial charge in [0.05, 0.1) is 11.6 Å². The van der Waals surface area contributed by atoms with Crippen molar-refractivity contribution in [3.8, 4) is 0 Å². The molecular weight excluding hydrogens is 352 g/mol. The number of nitrogens with one attached hydrogen (secondary N) is 1. The second-order valence-electron chi connectivity index (χ2n) is 7.01. The van der Waals surface area contributed by atoms with E-state index in [9.17, 15) is 9.59 Å². The number of carbonyl (C=O) groups is 2. The molecule has 4 rings (SSSR count). The van der Waals surface area contributed by atoms with Crippen LogP contribution < -0.4 is 11.1 Å². The lowest BCUT2D eigenvalue weighted by Crippen LogP contribution is -2.31. The van der Waals surface area contributed by atoms with Crippen LogP contribution in [0.25, 0.3) is 0 Å². The van der Waals surface area contributed by atoms with Gasteiger partial charge in [0, 0.05) is 24.1 Å². The first-order valence-corrected chi connectivity index (χ1v) is 8.89. The number of aryl methyl sites for hydroxylation is 2. The fourth-order valence-corrected chi connectivity index (χ4v) is 4.07. The van der Waals surface area contributed by atoms with Gasteiger partial charge in [-0.05, 0) is 55.9 Å². The Bertz CT molecular complexity index is 872. The van der Waals surface area contributed by atoms with Crippen molar-refractivity contribution in [1.82, 2.24) is 5.32 Å². The smallest absolute Gasteiger partial charge is 0.287 e. The summed E-state index contributed by atoms with van der Waals surface area (Å²) >= 11 is 0. The van der Waals surface area contributed by atoms with E-state index < -0.39 is 0 Å². The normalized spacial score (nSPS) is 18.5. The number of anilines is 1. The van der Waals surface area contributed by atoms with Gasteiger partial charge in [-0.25, -0.2) is 0 Å². The summed E-state index contributed by atoms with van der Waals surface area (Å²) in [6, 6.07) is 5.81. The summed E-state index contributed by atoms with van der Waals surface area (Å²) in [5.74, 6) is 0.785. The first-order valence-electron chi connectivity index (χ1n) is 8.89. The number of fused-ring (bicyclic) bond motifs is 2. The summed E-state index contributed by atoms with van der Waals surface area (Å²) < 4.78 is 5.76. The number of furan rings is 1. The Labute approximate surface area is 158 Å². The van der Waals surface area contributed by atoms with Gasteiger partial charge in [0.1, 0.15) is 5.76 Å². The Hall–Kier alpha value is -2.27. The number of nitrogen functional groups attached to an aromatic ring is 1. The molecule has 2 aromatic rings. The number of Topliss-reactive ketones (excluding diaryl/α,β-unsaturated/α-hetero) is 1. The number of benzene rings is 1. The van der Waals surface area contributed by atoms with Crippen LogP contribution in [-0.2, 0) is 12.8 Å². The summed E-state index contributed by atoms with van der Waals surface area (Å²) in [4.78, 5) is 24.9. The van der Waals surface area contributed by atoms with Crippen LogP contribution in [0.4, 0.5) is 5.69 Å². The van der Waals surface area contributed by atoms with E-state index in [-0.39, 0.29) is 35.9 Å². The molecule has 1 unspecified atom stereocenters. The zero-order valence-electron chi connectivity index (χ0n) is 14.8. The highest BCUT2D eigenvalue weighted by atomic mass is 35.5. The number of rotatable bonds is 2. The lowest BCUT2D eigenvalue weighted by atomic mass is 9.87. The number of hydrogen-bond donors (Lipinski definition) is 2. The summed E-state index contributed by atoms with van der Waals surface area (Å²) in [7, 11) is 0. The van der Waals surface area contributed by atoms with E-state index in [2.05, 4.69) is 5.32 Å². The molecule has 0 radical (unpaired) electrons. The van der Waals surface area contributed by atoms with E-state index in [0.717, 1.165) is 43.4 Å². The SMILES string of the molecule is Cc1c(C(=O)NC2CCCc3cc(N)ccc32)oc2c1C(=O)CCC2.Cl. The van der Waals surface area contributed by atoms with E-state index in [0.29, 0.717) is 23.3 Å². The third kappa shape index (κ3) is 3.12. The minimum Gasteiger partial charge on any atom is -0.455 e. The van der Waals surface area contributed by atoms with Crippen molar-refractivity contribution in [3.05, 3.63) is 52.0 Å². The van der Waals surface area contributed by atoms with Crippen LogP contribution in [0.5, 0.6) is 0 Å². The number of amides is 1. The van der Waals surface area contributed by atoms with E-state index >= 15 is 0 Å². The third-order valence-corrected chi connectivity index (χ3v) is 5.30. The Morgan fingerprint density at radius 3 is 2.81 bits per heavy atom. The molecule has 1 atom stereocenters. The van der Waals surface area contributed by atoms with E-state index in [1.807, 2.05) is 18.2 Å². The van der Waals surface area contributed by atoms with Gasteiger partial charge in [-0.3, -0.25) is 9.59 Å². The Morgan fingerprint density at radius 2 is 2.04 bits per heavy atom. The van der Waals surface area contributed by atoms with Crippen LogP contribution >= 0.6 is 12.4 Å². The molecule has 0 fully saturated rings. The summed E-state index contributed by atoms with van der Waals surface area (Å²) in [5.41, 5.74) is 10.2. The van der Waals surface area contributed by atoms with Crippen molar-refractivity contribution >= 4 is 29.8 Å². The van der Waals surface area contributed by atoms with Gasteiger partial charge in [-0.15, -0.1) is 12.4 Å². The molecule has 3 N–H and O–H groups in total. The molecule has 0 saturated heterocycles. The van der Waals surface area contributed by atoms with E-state index in [4.69, 9.17) is 10.2 Å². The highest BCUT2D eigenvalue weighted by molar-refractivity contribution is 6.03. The lowest BCUT2D eigenvalue weighted by Gasteiger charge is -2.26. The monoisotopic (exact) mass is 374 g/mol. The van der Waals surface area contributed by atoms with E-state index in [1.165, 1.54) is 5.56 Å². The number of hydrogen-bond acceptors (Lipinski definition) is 4. The average Bonchev–Trinajstić information content (AvgIpc) is 2.93. The molecule has 5 nitrogen and oxygen atoms in total. The van der Waals surface area contributed by atoms with Crippen molar-refractivity contribution in [2.24, 2.45) is 0 Å². The fourth-order valence-electron chi connectivity index (χ4n) is 4.07. The van der Waals surface area contributed by atoms with Gasteiger partial charge in [0.2, 0.25) is 0 Å². The molecule has 0 spiro atoms. The van der Waals surface area contributed by atoms with Gasteiger partial charge in [0.25, 0.3) is 5.91 Å². The van der Waals surface area contributed by atoms with Gasteiger partial charge < -0.3 is 15.5 Å². The predicted octanol–water partition coefficient (Wildman–Crippen LogP) is 3.92. The molecule has 26 heavy (non-hydrogen) atoms. The molecule has 0 bridgehead atoms. The van der Waals surface area contributed by atoms with Crippen molar-refractivity contribution in [1.29, 1.82) is 0 Å². The quantitative estimate of drug-likeness (QED) is 0.780. The van der Waals surface area contributed by atoms with Crippen molar-refractivity contribution < 1.29 is 14.0 Å². The van der Waals surface area contributed by atoms with Crippen LogP contribution in [0.2, 0.25) is 0 Å². The molecule has 1 heterocycles. The average molecular weight is 375 g/mol. The highest BCUT2D eigenvalue weighted by Gasteiger charge is 2.30. The molecule has 138 valence electrons. The van der Waals surface area contributed by atoms with Gasteiger partial charge in [0.15, 0.2) is 11.5 Å². The maximum Gasteiger partial charge on any atom is 0.287 e. The Balaban J connectivity index is 0.00000196. The molecular formula is C20H23ClN2O3. The second-order valence-corrected chi connectivity index (χ2v) is 7.01. The molecule has 1 amide bonds. The first kappa shape index (κ1) is 18.5. The summed E-state index contributed by atoms with van der Waals surface area (Å²) in [6.07, 6.45) is 4.92. The number of nitrogens with two attached hydrogens (primary N) is 1. The van der Waals surface area contributed by atoms with Crippen molar-refractivity contribution in [2.45, 2.75) is 51.5 Å². The van der Waals surface area contributed by atoms with Crippen molar-refractivity contribution in [3.63, 3.8) is 0 Å². The topological polar surface area (TPSA) is 85.3 Å². The molecule has 2 aliphatic carbocycles. The maximum absolute atomic E-state index is 12.8. The number of halogens is 1. The summed E-state index contributed by atoms with van der Waals surface area (Å²) in [5, 5.41) is 3.09. The van der Waals surface area contributed by atoms with Gasteiger partial charge in [-0.2, -0.15) is 0 Å². The highest BCUT2D eigenvalue weighted by Crippen LogP contribution is 2.33. The standard InChI is InChI=1S/C20H22N2O3.ClH/c1-11-18-16(23)6-3-7-17(18)25-19(11)20(24)22-15-5-2-4-12-10-13(21)8-9-14(12)15;/h8-10,15H,2-7,21H2,1H3,(H,22,24);1H. The van der Waals surface area contributed by atoms with Gasteiger partial charge in [-0.1, -0.05) is 6.07 Å². The Morgan fingerprint density at radius 1 is 1.23 bits per heavy atom. The number of ketones is 1. The van der Waals surface area contributed by atoms with Crippen LogP contribution in [0.15, 0.2) is 22.6 Å². The van der Waals surface area contributed by atoms with Crippen LogP contribution in [0.3, 0.4) is 0 Å². The second kappa shape index (κ2) is 7.16. The first-order chi connectivity index (χ1) is 12.0. The Kier molecular flexibility index (Phi) is 5.10. The molecule has 1 aromatic carbocycles. The molecule has 1 aromatic heterocycles. The zero-order chi connectivity index (χ0) is 17.6. The number of carbonyl (C=O) groups excluding carboxylic acids is 2. The van der Waals surface area contributed by atoms with Gasteiger partial charge >= 0.3 is 0 Å². The van der Waals surface area contributed by atoms with Crippen LogP contribution in [0, 0.1) is 6.92 Å². The maximum atomic E-state index is 12.8.